The average Bonchev–Trinajstić information content (AvgIpc) is 3.26. The lowest BCUT2D eigenvalue weighted by molar-refractivity contribution is -0.137. The summed E-state index contributed by atoms with van der Waals surface area (Å²) in [5, 5.41) is 4.34. The monoisotopic (exact) mass is 559 g/mol. The van der Waals surface area contributed by atoms with Crippen molar-refractivity contribution in [3.8, 4) is 0 Å². The highest BCUT2D eigenvalue weighted by molar-refractivity contribution is 9.10. The average molecular weight is 560 g/mol. The second-order valence-electron chi connectivity index (χ2n) is 8.94. The van der Waals surface area contributed by atoms with E-state index in [0.29, 0.717) is 21.6 Å². The first-order valence-corrected chi connectivity index (χ1v) is 12.5. The summed E-state index contributed by atoms with van der Waals surface area (Å²) in [6.07, 6.45) is -1.13. The van der Waals surface area contributed by atoms with Crippen molar-refractivity contribution in [2.45, 2.75) is 12.7 Å². The number of nitrogens with zero attached hydrogens (tertiary/aromatic N) is 5. The molecular weight excluding hydrogens is 535 g/mol. The van der Waals surface area contributed by atoms with Crippen LogP contribution >= 0.6 is 15.9 Å². The van der Waals surface area contributed by atoms with E-state index < -0.39 is 11.7 Å². The van der Waals surface area contributed by atoms with Gasteiger partial charge in [-0.05, 0) is 39.7 Å². The standard InChI is InChI=1S/C26H25BrF3N5O/c27-22-16-31-35-23(20-7-4-8-21(15-20)26(28,29)30)9-10-34(25(22)35)24(36)18-33-13-11-32(12-14-33)17-19-5-2-1-3-6-19/h1-9,15-16H,10-14,17-18H2. The largest absolute Gasteiger partial charge is 0.416 e. The lowest BCUT2D eigenvalue weighted by Crippen LogP contribution is -2.50. The Morgan fingerprint density at radius 2 is 1.69 bits per heavy atom. The first kappa shape index (κ1) is 24.7. The number of rotatable bonds is 5. The molecule has 0 spiro atoms. The van der Waals surface area contributed by atoms with Crippen LogP contribution in [0, 0.1) is 0 Å². The molecule has 10 heteroatoms. The maximum absolute atomic E-state index is 13.3. The summed E-state index contributed by atoms with van der Waals surface area (Å²) in [7, 11) is 0. The lowest BCUT2D eigenvalue weighted by atomic mass is 10.1. The molecule has 2 aliphatic rings. The van der Waals surface area contributed by atoms with Crippen LogP contribution in [0.3, 0.4) is 0 Å². The second-order valence-corrected chi connectivity index (χ2v) is 9.79. The van der Waals surface area contributed by atoms with Crippen molar-refractivity contribution in [3.63, 3.8) is 0 Å². The molecule has 0 aliphatic carbocycles. The Morgan fingerprint density at radius 3 is 2.42 bits per heavy atom. The third kappa shape index (κ3) is 5.25. The minimum Gasteiger partial charge on any atom is -0.297 e. The van der Waals surface area contributed by atoms with Gasteiger partial charge in [0.15, 0.2) is 5.82 Å². The Hall–Kier alpha value is -2.95. The summed E-state index contributed by atoms with van der Waals surface area (Å²) in [6, 6.07) is 15.5. The quantitative estimate of drug-likeness (QED) is 0.454. The van der Waals surface area contributed by atoms with Crippen molar-refractivity contribution in [1.29, 1.82) is 0 Å². The zero-order valence-corrected chi connectivity index (χ0v) is 21.0. The first-order chi connectivity index (χ1) is 17.3. The number of piperazine rings is 1. The molecule has 0 radical (unpaired) electrons. The Kier molecular flexibility index (Phi) is 7.00. The van der Waals surface area contributed by atoms with Crippen LogP contribution in [0.25, 0.3) is 5.70 Å². The number of aromatic nitrogens is 2. The normalized spacial score (nSPS) is 17.1. The third-order valence-corrected chi connectivity index (χ3v) is 7.07. The fourth-order valence-corrected chi connectivity index (χ4v) is 5.10. The fraction of sp³-hybridized carbons (Fsp3) is 0.308. The number of carbonyl (C=O) groups is 1. The summed E-state index contributed by atoms with van der Waals surface area (Å²) in [5.74, 6) is 0.450. The highest BCUT2D eigenvalue weighted by atomic mass is 79.9. The number of hydrogen-bond acceptors (Lipinski definition) is 4. The minimum atomic E-state index is -4.44. The number of carbonyl (C=O) groups excluding carboxylic acids is 1. The Labute approximate surface area is 215 Å². The molecular formula is C26H25BrF3N5O. The van der Waals surface area contributed by atoms with E-state index in [0.717, 1.165) is 44.9 Å². The van der Waals surface area contributed by atoms with Crippen molar-refractivity contribution >= 4 is 33.4 Å². The van der Waals surface area contributed by atoms with E-state index in [4.69, 9.17) is 0 Å². The van der Waals surface area contributed by atoms with E-state index in [1.807, 2.05) is 18.2 Å². The molecule has 1 fully saturated rings. The molecule has 3 heterocycles. The molecule has 0 N–H and O–H groups in total. The number of anilines is 1. The van der Waals surface area contributed by atoms with Crippen molar-refractivity contribution < 1.29 is 18.0 Å². The van der Waals surface area contributed by atoms with Crippen LogP contribution in [0.2, 0.25) is 0 Å². The van der Waals surface area contributed by atoms with Gasteiger partial charge in [-0.1, -0.05) is 42.5 Å². The summed E-state index contributed by atoms with van der Waals surface area (Å²) in [4.78, 5) is 19.5. The number of amides is 1. The minimum absolute atomic E-state index is 0.0756. The number of halogens is 4. The molecule has 188 valence electrons. The van der Waals surface area contributed by atoms with E-state index in [1.54, 1.807) is 23.2 Å². The maximum atomic E-state index is 13.3. The lowest BCUT2D eigenvalue weighted by Gasteiger charge is -2.36. The first-order valence-electron chi connectivity index (χ1n) is 11.7. The molecule has 6 nitrogen and oxygen atoms in total. The summed E-state index contributed by atoms with van der Waals surface area (Å²) < 4.78 is 41.9. The number of hydrogen-bond donors (Lipinski definition) is 0. The molecule has 0 unspecified atom stereocenters. The van der Waals surface area contributed by atoms with Crippen molar-refractivity contribution in [2.75, 3.05) is 44.2 Å². The molecule has 0 saturated carbocycles. The maximum Gasteiger partial charge on any atom is 0.416 e. The zero-order valence-electron chi connectivity index (χ0n) is 19.5. The van der Waals surface area contributed by atoms with Crippen LogP contribution in [-0.4, -0.2) is 64.8 Å². The van der Waals surface area contributed by atoms with Gasteiger partial charge in [-0.15, -0.1) is 0 Å². The van der Waals surface area contributed by atoms with E-state index in [2.05, 4.69) is 43.0 Å². The molecule has 36 heavy (non-hydrogen) atoms. The topological polar surface area (TPSA) is 44.6 Å². The van der Waals surface area contributed by atoms with Crippen LogP contribution in [-0.2, 0) is 17.5 Å². The Morgan fingerprint density at radius 1 is 0.972 bits per heavy atom. The van der Waals surface area contributed by atoms with Gasteiger partial charge in [0.05, 0.1) is 28.5 Å². The third-order valence-electron chi connectivity index (χ3n) is 6.51. The van der Waals surface area contributed by atoms with E-state index in [9.17, 15) is 18.0 Å². The van der Waals surface area contributed by atoms with E-state index in [1.165, 1.54) is 16.3 Å². The highest BCUT2D eigenvalue weighted by Crippen LogP contribution is 2.36. The number of fused-ring (bicyclic) bond motifs is 1. The van der Waals surface area contributed by atoms with Gasteiger partial charge in [0.25, 0.3) is 0 Å². The van der Waals surface area contributed by atoms with Crippen LogP contribution < -0.4 is 4.90 Å². The van der Waals surface area contributed by atoms with Crippen LogP contribution in [0.15, 0.2) is 71.3 Å². The van der Waals surface area contributed by atoms with Gasteiger partial charge >= 0.3 is 6.18 Å². The molecule has 0 atom stereocenters. The molecule has 3 aromatic rings. The fourth-order valence-electron chi connectivity index (χ4n) is 4.63. The summed E-state index contributed by atoms with van der Waals surface area (Å²) >= 11 is 3.47. The van der Waals surface area contributed by atoms with Crippen LogP contribution in [0.5, 0.6) is 0 Å². The SMILES string of the molecule is O=C(CN1CCN(Cc2ccccc2)CC1)N1CC=C(c2cccc(C(F)(F)F)c2)n2ncc(Br)c21. The molecule has 1 saturated heterocycles. The predicted molar refractivity (Wildman–Crippen MR) is 135 cm³/mol. The zero-order chi connectivity index (χ0) is 25.3. The number of benzene rings is 2. The van der Waals surface area contributed by atoms with Gasteiger partial charge in [0.2, 0.25) is 5.91 Å². The van der Waals surface area contributed by atoms with Gasteiger partial charge in [-0.2, -0.15) is 18.3 Å². The highest BCUT2D eigenvalue weighted by Gasteiger charge is 2.33. The second kappa shape index (κ2) is 10.2. The van der Waals surface area contributed by atoms with E-state index in [-0.39, 0.29) is 19.0 Å². The molecule has 5 rings (SSSR count). The van der Waals surface area contributed by atoms with Crippen LogP contribution in [0.1, 0.15) is 16.7 Å². The van der Waals surface area contributed by atoms with Gasteiger partial charge < -0.3 is 0 Å². The van der Waals surface area contributed by atoms with E-state index >= 15 is 0 Å². The van der Waals surface area contributed by atoms with Gasteiger partial charge in [0, 0.05) is 44.8 Å². The van der Waals surface area contributed by atoms with Gasteiger partial charge in [0.1, 0.15) is 0 Å². The Bertz CT molecular complexity index is 1270. The van der Waals surface area contributed by atoms with Crippen LogP contribution in [0.4, 0.5) is 19.0 Å². The number of alkyl halides is 3. The molecule has 2 aromatic carbocycles. The molecule has 1 aromatic heterocycles. The smallest absolute Gasteiger partial charge is 0.297 e. The molecule has 1 amide bonds. The summed E-state index contributed by atoms with van der Waals surface area (Å²) in [6.45, 7) is 4.75. The Balaban J connectivity index is 1.26. The van der Waals surface area contributed by atoms with Crippen molar-refractivity contribution in [3.05, 3.63) is 88.0 Å². The predicted octanol–water partition coefficient (Wildman–Crippen LogP) is 4.72. The summed E-state index contributed by atoms with van der Waals surface area (Å²) in [5.41, 5.74) is 1.46. The van der Waals surface area contributed by atoms with Crippen molar-refractivity contribution in [1.82, 2.24) is 19.6 Å². The van der Waals surface area contributed by atoms with Gasteiger partial charge in [-0.3, -0.25) is 19.5 Å². The molecule has 2 aliphatic heterocycles. The van der Waals surface area contributed by atoms with Crippen molar-refractivity contribution in [2.24, 2.45) is 0 Å². The van der Waals surface area contributed by atoms with Gasteiger partial charge in [-0.25, -0.2) is 4.68 Å². The molecule has 0 bridgehead atoms.